The number of ketones is 1. The van der Waals surface area contributed by atoms with E-state index in [-0.39, 0.29) is 17.6 Å². The third-order valence-electron chi connectivity index (χ3n) is 2.20. The molecule has 0 aromatic heterocycles. The number of hydrogen-bond acceptors (Lipinski definition) is 4. The lowest BCUT2D eigenvalue weighted by Gasteiger charge is -2.07. The van der Waals surface area contributed by atoms with Crippen LogP contribution in [0.1, 0.15) is 32.6 Å². The lowest BCUT2D eigenvalue weighted by atomic mass is 10.1. The Morgan fingerprint density at radius 2 is 1.93 bits per heavy atom. The molecule has 0 aliphatic carbocycles. The third kappa shape index (κ3) is 9.87. The fraction of sp³-hybridized carbons (Fsp3) is 0.900. The molecule has 0 radical (unpaired) electrons. The van der Waals surface area contributed by atoms with Crippen molar-refractivity contribution < 1.29 is 17.9 Å². The van der Waals surface area contributed by atoms with Gasteiger partial charge >= 0.3 is 0 Å². The van der Waals surface area contributed by atoms with Crippen molar-refractivity contribution >= 4 is 15.6 Å². The normalized spacial score (nSPS) is 13.8. The first kappa shape index (κ1) is 14.6. The van der Waals surface area contributed by atoms with Gasteiger partial charge in [0.2, 0.25) is 0 Å². The molecule has 0 bridgehead atoms. The van der Waals surface area contributed by atoms with E-state index in [2.05, 4.69) is 0 Å². The molecule has 0 rings (SSSR count). The molecular weight excluding hydrogens is 216 g/mol. The second-order valence-corrected chi connectivity index (χ2v) is 6.12. The van der Waals surface area contributed by atoms with Gasteiger partial charge in [-0.25, -0.2) is 8.42 Å². The maximum Gasteiger partial charge on any atom is 0.147 e. The van der Waals surface area contributed by atoms with E-state index < -0.39 is 9.84 Å². The highest BCUT2D eigenvalue weighted by atomic mass is 32.2. The van der Waals surface area contributed by atoms with Crippen molar-refractivity contribution in [2.75, 3.05) is 19.1 Å². The highest BCUT2D eigenvalue weighted by molar-refractivity contribution is 7.90. The SMILES string of the molecule is COC(C)CCC(=O)CCCS(C)(=O)=O. The van der Waals surface area contributed by atoms with Crippen LogP contribution in [0.3, 0.4) is 0 Å². The highest BCUT2D eigenvalue weighted by Crippen LogP contribution is 2.05. The molecule has 0 aromatic rings. The molecule has 0 saturated heterocycles. The fourth-order valence-corrected chi connectivity index (χ4v) is 1.81. The van der Waals surface area contributed by atoms with Gasteiger partial charge in [-0.15, -0.1) is 0 Å². The van der Waals surface area contributed by atoms with Gasteiger partial charge in [0.25, 0.3) is 0 Å². The summed E-state index contributed by atoms with van der Waals surface area (Å²) in [5.41, 5.74) is 0. The van der Waals surface area contributed by atoms with Gasteiger partial charge in [0.05, 0.1) is 11.9 Å². The summed E-state index contributed by atoms with van der Waals surface area (Å²) in [5.74, 6) is 0.209. The lowest BCUT2D eigenvalue weighted by molar-refractivity contribution is -0.119. The van der Waals surface area contributed by atoms with E-state index in [4.69, 9.17) is 4.74 Å². The maximum absolute atomic E-state index is 11.3. The standard InChI is InChI=1S/C10H20O4S/c1-9(14-2)6-7-10(11)5-4-8-15(3,12)13/h9H,4-8H2,1-3H3. The second-order valence-electron chi connectivity index (χ2n) is 3.86. The van der Waals surface area contributed by atoms with E-state index in [1.165, 1.54) is 6.26 Å². The fourth-order valence-electron chi connectivity index (χ4n) is 1.14. The number of hydrogen-bond donors (Lipinski definition) is 0. The largest absolute Gasteiger partial charge is 0.382 e. The van der Waals surface area contributed by atoms with Crippen LogP contribution in [0.5, 0.6) is 0 Å². The van der Waals surface area contributed by atoms with Gasteiger partial charge in [-0.05, 0) is 19.8 Å². The Kier molecular flexibility index (Phi) is 6.76. The zero-order valence-electron chi connectivity index (χ0n) is 9.65. The average molecular weight is 236 g/mol. The van der Waals surface area contributed by atoms with Gasteiger partial charge in [0.15, 0.2) is 0 Å². The molecule has 0 aliphatic rings. The van der Waals surface area contributed by atoms with E-state index in [0.29, 0.717) is 25.7 Å². The van der Waals surface area contributed by atoms with Crippen molar-refractivity contribution in [3.05, 3.63) is 0 Å². The van der Waals surface area contributed by atoms with Crippen LogP contribution in [0.2, 0.25) is 0 Å². The van der Waals surface area contributed by atoms with Crippen LogP contribution in [-0.4, -0.2) is 39.4 Å². The molecule has 1 unspecified atom stereocenters. The smallest absolute Gasteiger partial charge is 0.147 e. The molecule has 0 saturated carbocycles. The van der Waals surface area contributed by atoms with Crippen LogP contribution in [-0.2, 0) is 19.4 Å². The number of methoxy groups -OCH3 is 1. The zero-order valence-corrected chi connectivity index (χ0v) is 10.5. The van der Waals surface area contributed by atoms with Crippen LogP contribution in [0, 0.1) is 0 Å². The molecule has 1 atom stereocenters. The molecule has 15 heavy (non-hydrogen) atoms. The van der Waals surface area contributed by atoms with Gasteiger partial charge in [-0.3, -0.25) is 4.79 Å². The summed E-state index contributed by atoms with van der Waals surface area (Å²) in [6.45, 7) is 1.91. The lowest BCUT2D eigenvalue weighted by Crippen LogP contribution is -2.10. The minimum absolute atomic E-state index is 0.0869. The van der Waals surface area contributed by atoms with Crippen LogP contribution < -0.4 is 0 Å². The van der Waals surface area contributed by atoms with Gasteiger partial charge in [0.1, 0.15) is 15.6 Å². The molecule has 90 valence electrons. The number of rotatable bonds is 8. The Balaban J connectivity index is 3.59. The van der Waals surface area contributed by atoms with Gasteiger partial charge < -0.3 is 4.74 Å². The first-order chi connectivity index (χ1) is 6.85. The minimum Gasteiger partial charge on any atom is -0.382 e. The van der Waals surface area contributed by atoms with E-state index in [9.17, 15) is 13.2 Å². The quantitative estimate of drug-likeness (QED) is 0.635. The van der Waals surface area contributed by atoms with Crippen molar-refractivity contribution in [1.82, 2.24) is 0 Å². The van der Waals surface area contributed by atoms with Crippen molar-refractivity contribution in [3.8, 4) is 0 Å². The van der Waals surface area contributed by atoms with E-state index in [0.717, 1.165) is 0 Å². The maximum atomic E-state index is 11.3. The van der Waals surface area contributed by atoms with Crippen molar-refractivity contribution in [2.45, 2.75) is 38.7 Å². The summed E-state index contributed by atoms with van der Waals surface area (Å²) in [6, 6.07) is 0. The number of ether oxygens (including phenoxy) is 1. The van der Waals surface area contributed by atoms with E-state index in [1.54, 1.807) is 7.11 Å². The Bertz CT molecular complexity index is 282. The molecule has 0 aliphatic heterocycles. The van der Waals surface area contributed by atoms with Gasteiger partial charge in [-0.1, -0.05) is 0 Å². The molecule has 0 amide bonds. The Morgan fingerprint density at radius 3 is 2.40 bits per heavy atom. The summed E-state index contributed by atoms with van der Waals surface area (Å²) in [5, 5.41) is 0. The molecule has 0 heterocycles. The molecule has 0 aromatic carbocycles. The van der Waals surface area contributed by atoms with Crippen LogP contribution in [0.25, 0.3) is 0 Å². The van der Waals surface area contributed by atoms with Gasteiger partial charge in [-0.2, -0.15) is 0 Å². The topological polar surface area (TPSA) is 60.4 Å². The first-order valence-corrected chi connectivity index (χ1v) is 7.13. The van der Waals surface area contributed by atoms with E-state index >= 15 is 0 Å². The molecule has 5 heteroatoms. The summed E-state index contributed by atoms with van der Waals surface area (Å²) in [6.07, 6.45) is 3.23. The summed E-state index contributed by atoms with van der Waals surface area (Å²) in [4.78, 5) is 11.3. The predicted molar refractivity (Wildman–Crippen MR) is 59.7 cm³/mol. The molecule has 4 nitrogen and oxygen atoms in total. The van der Waals surface area contributed by atoms with Crippen LogP contribution >= 0.6 is 0 Å². The van der Waals surface area contributed by atoms with Crippen LogP contribution in [0.4, 0.5) is 0 Å². The Hall–Kier alpha value is -0.420. The number of carbonyl (C=O) groups excluding carboxylic acids is 1. The molecule has 0 spiro atoms. The summed E-state index contributed by atoms with van der Waals surface area (Å²) in [7, 11) is -1.32. The average Bonchev–Trinajstić information content (AvgIpc) is 2.12. The van der Waals surface area contributed by atoms with Crippen molar-refractivity contribution in [1.29, 1.82) is 0 Å². The van der Waals surface area contributed by atoms with Crippen molar-refractivity contribution in [3.63, 3.8) is 0 Å². The van der Waals surface area contributed by atoms with E-state index in [1.807, 2.05) is 6.92 Å². The zero-order chi connectivity index (χ0) is 11.9. The number of Topliss-reactive ketones (excluding diaryl/α,β-unsaturated/α-hetero) is 1. The van der Waals surface area contributed by atoms with Gasteiger partial charge in [0, 0.05) is 26.2 Å². The van der Waals surface area contributed by atoms with Crippen LogP contribution in [0.15, 0.2) is 0 Å². The minimum atomic E-state index is -2.93. The number of sulfone groups is 1. The summed E-state index contributed by atoms with van der Waals surface area (Å²) >= 11 is 0. The third-order valence-corrected chi connectivity index (χ3v) is 3.23. The first-order valence-electron chi connectivity index (χ1n) is 5.07. The Labute approximate surface area is 91.9 Å². The predicted octanol–water partition coefficient (Wildman–Crippen LogP) is 1.20. The van der Waals surface area contributed by atoms with Crippen molar-refractivity contribution in [2.24, 2.45) is 0 Å². The number of carbonyl (C=O) groups is 1. The second kappa shape index (κ2) is 6.95. The summed E-state index contributed by atoms with van der Waals surface area (Å²) < 4.78 is 26.6. The molecule has 0 N–H and O–H groups in total. The molecular formula is C10H20O4S. The Morgan fingerprint density at radius 1 is 1.33 bits per heavy atom. The monoisotopic (exact) mass is 236 g/mol. The highest BCUT2D eigenvalue weighted by Gasteiger charge is 2.08. The molecule has 0 fully saturated rings.